The Morgan fingerprint density at radius 3 is 2.64 bits per heavy atom. The van der Waals surface area contributed by atoms with Crippen LogP contribution in [-0.4, -0.2) is 61.4 Å². The highest BCUT2D eigenvalue weighted by molar-refractivity contribution is 6.34. The first-order chi connectivity index (χ1) is 21.0. The van der Waals surface area contributed by atoms with Crippen LogP contribution in [0.5, 0.6) is 0 Å². The predicted octanol–water partition coefficient (Wildman–Crippen LogP) is 5.03. The number of halogens is 1. The van der Waals surface area contributed by atoms with Crippen LogP contribution in [0.25, 0.3) is 28.0 Å². The van der Waals surface area contributed by atoms with Gasteiger partial charge in [0.25, 0.3) is 0 Å². The Balaban J connectivity index is 1.64. The fraction of sp³-hybridized carbons (Fsp3) is 0.333. The Morgan fingerprint density at radius 1 is 1.14 bits per heavy atom. The molecule has 2 aliphatic heterocycles. The molecule has 2 atom stereocenters. The van der Waals surface area contributed by atoms with Crippen LogP contribution in [0.2, 0.25) is 5.02 Å². The number of anilines is 2. The number of piperazine rings is 1. The van der Waals surface area contributed by atoms with Gasteiger partial charge in [-0.05, 0) is 56.0 Å². The number of nitrogens with one attached hydrogen (secondary N) is 1. The van der Waals surface area contributed by atoms with Crippen LogP contribution in [0.4, 0.5) is 11.5 Å². The van der Waals surface area contributed by atoms with Crippen LogP contribution in [0.1, 0.15) is 50.4 Å². The first-order valence-electron chi connectivity index (χ1n) is 14.7. The number of hydrogen-bond acceptors (Lipinski definition) is 7. The second kappa shape index (κ2) is 11.2. The maximum Gasteiger partial charge on any atom is 0.355 e. The molecule has 0 bridgehead atoms. The lowest BCUT2D eigenvalue weighted by atomic mass is 10.0. The zero-order chi connectivity index (χ0) is 31.4. The second-order valence-corrected chi connectivity index (χ2v) is 12.3. The number of aryl methyl sites for hydroxylation is 1. The summed E-state index contributed by atoms with van der Waals surface area (Å²) in [4.78, 5) is 57.2. The van der Waals surface area contributed by atoms with E-state index >= 15 is 0 Å². The van der Waals surface area contributed by atoms with Crippen molar-refractivity contribution in [3.05, 3.63) is 81.5 Å². The SMILES string of the molecule is C=CC(=O)N1C[C@H](C)N(c2nc(=O)n(-c3c(C)ccnc3C(C)C)c3nc(-c4cccc5c4NC(=O)C5)c(Cl)cc23)C[C@H]1C. The van der Waals surface area contributed by atoms with Gasteiger partial charge in [0, 0.05) is 36.9 Å². The van der Waals surface area contributed by atoms with Gasteiger partial charge in [0.1, 0.15) is 5.82 Å². The number of amides is 2. The van der Waals surface area contributed by atoms with Crippen molar-refractivity contribution < 1.29 is 9.59 Å². The number of carbonyl (C=O) groups is 2. The van der Waals surface area contributed by atoms with Crippen molar-refractivity contribution in [3.8, 4) is 16.9 Å². The average Bonchev–Trinajstić information content (AvgIpc) is 3.38. The first-order valence-corrected chi connectivity index (χ1v) is 15.1. The number of rotatable bonds is 5. The van der Waals surface area contributed by atoms with Crippen LogP contribution in [0, 0.1) is 6.92 Å². The molecular formula is C33H34ClN7O3. The summed E-state index contributed by atoms with van der Waals surface area (Å²) in [6.07, 6.45) is 3.34. The molecule has 0 radical (unpaired) electrons. The minimum Gasteiger partial charge on any atom is -0.349 e. The van der Waals surface area contributed by atoms with Crippen molar-refractivity contribution in [2.24, 2.45) is 0 Å². The van der Waals surface area contributed by atoms with Crippen LogP contribution < -0.4 is 15.9 Å². The number of fused-ring (bicyclic) bond motifs is 2. The minimum absolute atomic E-state index is 0.0160. The molecule has 5 heterocycles. The van der Waals surface area contributed by atoms with Gasteiger partial charge in [-0.2, -0.15) is 4.98 Å². The summed E-state index contributed by atoms with van der Waals surface area (Å²) in [5.41, 5.74) is 4.75. The summed E-state index contributed by atoms with van der Waals surface area (Å²) in [6.45, 7) is 14.5. The number of aromatic nitrogens is 4. The van der Waals surface area contributed by atoms with Gasteiger partial charge >= 0.3 is 5.69 Å². The molecular weight excluding hydrogens is 578 g/mol. The zero-order valence-electron chi connectivity index (χ0n) is 25.4. The van der Waals surface area contributed by atoms with Crippen molar-refractivity contribution in [1.29, 1.82) is 0 Å². The molecule has 0 saturated carbocycles. The smallest absolute Gasteiger partial charge is 0.349 e. The van der Waals surface area contributed by atoms with Crippen molar-refractivity contribution in [2.75, 3.05) is 23.3 Å². The largest absolute Gasteiger partial charge is 0.355 e. The van der Waals surface area contributed by atoms with E-state index in [4.69, 9.17) is 16.6 Å². The molecule has 1 aromatic carbocycles. The Labute approximate surface area is 260 Å². The van der Waals surface area contributed by atoms with Gasteiger partial charge in [0.05, 0.1) is 39.6 Å². The van der Waals surface area contributed by atoms with Crippen molar-refractivity contribution in [1.82, 2.24) is 24.4 Å². The van der Waals surface area contributed by atoms with Gasteiger partial charge < -0.3 is 15.1 Å². The third-order valence-corrected chi connectivity index (χ3v) is 8.75. The maximum absolute atomic E-state index is 14.2. The van der Waals surface area contributed by atoms with E-state index in [-0.39, 0.29) is 36.2 Å². The molecule has 44 heavy (non-hydrogen) atoms. The fourth-order valence-electron chi connectivity index (χ4n) is 6.29. The maximum atomic E-state index is 14.2. The molecule has 10 nitrogen and oxygen atoms in total. The summed E-state index contributed by atoms with van der Waals surface area (Å²) in [5.74, 6) is 0.230. The average molecular weight is 612 g/mol. The number of nitrogens with zero attached hydrogens (tertiary/aromatic N) is 6. The van der Waals surface area contributed by atoms with Gasteiger partial charge in [-0.25, -0.2) is 14.3 Å². The van der Waals surface area contributed by atoms with E-state index in [9.17, 15) is 14.4 Å². The number of pyridine rings is 2. The molecule has 6 rings (SSSR count). The molecule has 4 aromatic rings. The quantitative estimate of drug-likeness (QED) is 0.315. The standard InChI is InChI=1S/C33H34ClN7O3/c1-7-26(43)39-15-20(6)40(16-19(39)5)31-23-14-24(34)29(22-10-8-9-21-13-25(42)36-28(21)22)37-32(23)41(33(44)38-31)30-18(4)11-12-35-27(30)17(2)3/h7-12,14,17,19-20H,1,13,15-16H2,2-6H3,(H,36,42)/t19-,20+/m1/s1. The molecule has 1 saturated heterocycles. The van der Waals surface area contributed by atoms with E-state index in [0.29, 0.717) is 57.6 Å². The number of hydrogen-bond donors (Lipinski definition) is 1. The third kappa shape index (κ3) is 4.83. The number of para-hydroxylation sites is 1. The zero-order valence-corrected chi connectivity index (χ0v) is 26.1. The molecule has 226 valence electrons. The molecule has 3 aromatic heterocycles. The highest BCUT2D eigenvalue weighted by atomic mass is 35.5. The van der Waals surface area contributed by atoms with Crippen LogP contribution in [-0.2, 0) is 16.0 Å². The van der Waals surface area contributed by atoms with Crippen molar-refractivity contribution in [3.63, 3.8) is 0 Å². The number of carbonyl (C=O) groups excluding carboxylic acids is 2. The van der Waals surface area contributed by atoms with Crippen molar-refractivity contribution >= 4 is 46.0 Å². The Bertz CT molecular complexity index is 1920. The minimum atomic E-state index is -0.498. The van der Waals surface area contributed by atoms with Gasteiger partial charge in [0.15, 0.2) is 5.65 Å². The normalized spacial score (nSPS) is 18.1. The van der Waals surface area contributed by atoms with E-state index in [2.05, 4.69) is 21.9 Å². The summed E-state index contributed by atoms with van der Waals surface area (Å²) in [5, 5.41) is 3.89. The Morgan fingerprint density at radius 2 is 1.91 bits per heavy atom. The molecule has 0 aliphatic carbocycles. The van der Waals surface area contributed by atoms with Crippen LogP contribution in [0.15, 0.2) is 54.0 Å². The summed E-state index contributed by atoms with van der Waals surface area (Å²) < 4.78 is 1.53. The third-order valence-electron chi connectivity index (χ3n) is 8.46. The molecule has 0 unspecified atom stereocenters. The monoisotopic (exact) mass is 611 g/mol. The first kappa shape index (κ1) is 29.5. The molecule has 2 aliphatic rings. The highest BCUT2D eigenvalue weighted by Gasteiger charge is 2.34. The van der Waals surface area contributed by atoms with Gasteiger partial charge in [-0.1, -0.05) is 50.2 Å². The van der Waals surface area contributed by atoms with E-state index < -0.39 is 5.69 Å². The Hall–Kier alpha value is -4.57. The van der Waals surface area contributed by atoms with Gasteiger partial charge in [-0.3, -0.25) is 14.6 Å². The molecule has 0 spiro atoms. The van der Waals surface area contributed by atoms with Gasteiger partial charge in [0.2, 0.25) is 11.8 Å². The Kier molecular flexibility index (Phi) is 7.49. The van der Waals surface area contributed by atoms with E-state index in [0.717, 1.165) is 16.8 Å². The molecule has 1 N–H and O–H groups in total. The van der Waals surface area contributed by atoms with Crippen LogP contribution >= 0.6 is 11.6 Å². The van der Waals surface area contributed by atoms with E-state index in [1.54, 1.807) is 17.2 Å². The van der Waals surface area contributed by atoms with E-state index in [1.165, 1.54) is 10.6 Å². The molecule has 11 heteroatoms. The van der Waals surface area contributed by atoms with Crippen molar-refractivity contribution in [2.45, 2.75) is 59.0 Å². The topological polar surface area (TPSA) is 113 Å². The lowest BCUT2D eigenvalue weighted by Gasteiger charge is -2.44. The van der Waals surface area contributed by atoms with E-state index in [1.807, 2.05) is 63.8 Å². The second-order valence-electron chi connectivity index (χ2n) is 11.9. The molecule has 1 fully saturated rings. The highest BCUT2D eigenvalue weighted by Crippen LogP contribution is 2.40. The summed E-state index contributed by atoms with van der Waals surface area (Å²) >= 11 is 7.00. The fourth-order valence-corrected chi connectivity index (χ4v) is 6.55. The summed E-state index contributed by atoms with van der Waals surface area (Å²) in [7, 11) is 0. The summed E-state index contributed by atoms with van der Waals surface area (Å²) in [6, 6.07) is 8.99. The van der Waals surface area contributed by atoms with Crippen LogP contribution in [0.3, 0.4) is 0 Å². The lowest BCUT2D eigenvalue weighted by Crippen LogP contribution is -2.58. The van der Waals surface area contributed by atoms with Gasteiger partial charge in [-0.15, -0.1) is 0 Å². The molecule has 2 amide bonds. The lowest BCUT2D eigenvalue weighted by molar-refractivity contribution is -0.128. The predicted molar refractivity (Wildman–Crippen MR) is 173 cm³/mol. The number of benzene rings is 1.